The molecule has 15 heavy (non-hydrogen) atoms. The third-order valence-corrected chi connectivity index (χ3v) is 3.03. The van der Waals surface area contributed by atoms with Gasteiger partial charge in [0.2, 0.25) is 5.28 Å². The molecule has 0 saturated carbocycles. The van der Waals surface area contributed by atoms with Gasteiger partial charge in [0.05, 0.1) is 0 Å². The van der Waals surface area contributed by atoms with E-state index in [0.29, 0.717) is 6.04 Å². The number of aromatic nitrogens is 2. The minimum absolute atomic E-state index is 0.287. The van der Waals surface area contributed by atoms with Gasteiger partial charge in [-0.15, -0.1) is 0 Å². The number of hydrogen-bond donors (Lipinski definition) is 1. The molecule has 3 nitrogen and oxygen atoms in total. The fourth-order valence-corrected chi connectivity index (χ4v) is 2.10. The molecule has 0 aliphatic carbocycles. The highest BCUT2D eigenvalue weighted by atomic mass is 35.5. The summed E-state index contributed by atoms with van der Waals surface area (Å²) in [5.74, 6) is 3.14. The highest BCUT2D eigenvalue weighted by molar-refractivity contribution is 7.99. The van der Waals surface area contributed by atoms with Crippen molar-refractivity contribution in [1.29, 1.82) is 0 Å². The van der Waals surface area contributed by atoms with Crippen molar-refractivity contribution in [1.82, 2.24) is 9.97 Å². The molecule has 1 N–H and O–H groups in total. The third kappa shape index (κ3) is 5.23. The maximum Gasteiger partial charge on any atom is 0.224 e. The monoisotopic (exact) mass is 245 g/mol. The minimum atomic E-state index is 0.287. The molecule has 0 radical (unpaired) electrons. The first-order valence-electron chi connectivity index (χ1n) is 5.05. The van der Waals surface area contributed by atoms with Crippen LogP contribution in [0.2, 0.25) is 5.28 Å². The molecule has 1 unspecified atom stereocenters. The van der Waals surface area contributed by atoms with Crippen LogP contribution in [0.4, 0.5) is 5.82 Å². The van der Waals surface area contributed by atoms with Gasteiger partial charge in [-0.1, -0.05) is 6.92 Å². The van der Waals surface area contributed by atoms with Crippen molar-refractivity contribution >= 4 is 29.2 Å². The quantitative estimate of drug-likeness (QED) is 0.618. The second-order valence-electron chi connectivity index (χ2n) is 3.24. The van der Waals surface area contributed by atoms with E-state index in [1.807, 2.05) is 17.8 Å². The molecular weight excluding hydrogens is 230 g/mol. The zero-order valence-corrected chi connectivity index (χ0v) is 10.6. The average molecular weight is 246 g/mol. The van der Waals surface area contributed by atoms with Crippen LogP contribution < -0.4 is 5.32 Å². The minimum Gasteiger partial charge on any atom is -0.367 e. The van der Waals surface area contributed by atoms with E-state index in [4.69, 9.17) is 11.6 Å². The molecule has 0 saturated heterocycles. The average Bonchev–Trinajstić information content (AvgIpc) is 2.18. The van der Waals surface area contributed by atoms with Crippen LogP contribution in [0.15, 0.2) is 12.3 Å². The van der Waals surface area contributed by atoms with Gasteiger partial charge < -0.3 is 5.32 Å². The molecule has 1 aromatic heterocycles. The molecule has 0 aliphatic rings. The van der Waals surface area contributed by atoms with Crippen LogP contribution in [0.1, 0.15) is 20.3 Å². The van der Waals surface area contributed by atoms with E-state index in [1.165, 1.54) is 11.5 Å². The number of nitrogens with one attached hydrogen (secondary N) is 1. The summed E-state index contributed by atoms with van der Waals surface area (Å²) in [4.78, 5) is 7.91. The normalized spacial score (nSPS) is 12.5. The molecule has 1 rings (SSSR count). The number of nitrogens with zero attached hydrogens (tertiary/aromatic N) is 2. The van der Waals surface area contributed by atoms with E-state index in [0.717, 1.165) is 12.2 Å². The lowest BCUT2D eigenvalue weighted by atomic mass is 10.2. The highest BCUT2D eigenvalue weighted by Crippen LogP contribution is 2.10. The Hall–Kier alpha value is -0.480. The van der Waals surface area contributed by atoms with Crippen molar-refractivity contribution in [2.45, 2.75) is 26.3 Å². The predicted octanol–water partition coefficient (Wildman–Crippen LogP) is 3.07. The molecule has 84 valence electrons. The van der Waals surface area contributed by atoms with E-state index >= 15 is 0 Å². The molecule has 5 heteroatoms. The molecule has 0 bridgehead atoms. The van der Waals surface area contributed by atoms with Crippen molar-refractivity contribution in [2.24, 2.45) is 0 Å². The Labute approximate surface area is 100 Å². The molecule has 0 aromatic carbocycles. The van der Waals surface area contributed by atoms with Gasteiger partial charge in [-0.2, -0.15) is 11.8 Å². The summed E-state index contributed by atoms with van der Waals surface area (Å²) >= 11 is 7.64. The van der Waals surface area contributed by atoms with Crippen LogP contribution in [0.25, 0.3) is 0 Å². The number of thioether (sulfide) groups is 1. The summed E-state index contributed by atoms with van der Waals surface area (Å²) in [6.45, 7) is 4.32. The summed E-state index contributed by atoms with van der Waals surface area (Å²) in [5.41, 5.74) is 0. The van der Waals surface area contributed by atoms with Crippen molar-refractivity contribution in [3.63, 3.8) is 0 Å². The Morgan fingerprint density at radius 2 is 2.40 bits per heavy atom. The SMILES string of the molecule is CCSCCC(C)Nc1ccnc(Cl)n1. The van der Waals surface area contributed by atoms with Crippen molar-refractivity contribution in [3.8, 4) is 0 Å². The second kappa shape index (κ2) is 6.90. The maximum atomic E-state index is 5.69. The second-order valence-corrected chi connectivity index (χ2v) is 4.97. The first-order valence-corrected chi connectivity index (χ1v) is 6.58. The van der Waals surface area contributed by atoms with Crippen LogP contribution in [-0.2, 0) is 0 Å². The fourth-order valence-electron chi connectivity index (χ4n) is 1.14. The first kappa shape index (κ1) is 12.6. The lowest BCUT2D eigenvalue weighted by Gasteiger charge is -2.13. The summed E-state index contributed by atoms with van der Waals surface area (Å²) in [6, 6.07) is 2.24. The fraction of sp³-hybridized carbons (Fsp3) is 0.600. The largest absolute Gasteiger partial charge is 0.367 e. The van der Waals surface area contributed by atoms with E-state index in [9.17, 15) is 0 Å². The third-order valence-electron chi connectivity index (χ3n) is 1.92. The summed E-state index contributed by atoms with van der Waals surface area (Å²) in [7, 11) is 0. The Morgan fingerprint density at radius 3 is 3.07 bits per heavy atom. The van der Waals surface area contributed by atoms with E-state index in [-0.39, 0.29) is 5.28 Å². The van der Waals surface area contributed by atoms with Gasteiger partial charge in [-0.25, -0.2) is 9.97 Å². The summed E-state index contributed by atoms with van der Waals surface area (Å²) in [5, 5.41) is 3.58. The van der Waals surface area contributed by atoms with Crippen molar-refractivity contribution < 1.29 is 0 Å². The zero-order chi connectivity index (χ0) is 11.1. The molecule has 1 heterocycles. The van der Waals surface area contributed by atoms with Crippen LogP contribution in [0.5, 0.6) is 0 Å². The molecule has 0 amide bonds. The van der Waals surface area contributed by atoms with Gasteiger partial charge >= 0.3 is 0 Å². The summed E-state index contributed by atoms with van der Waals surface area (Å²) in [6.07, 6.45) is 2.78. The summed E-state index contributed by atoms with van der Waals surface area (Å²) < 4.78 is 0. The van der Waals surface area contributed by atoms with Crippen molar-refractivity contribution in [2.75, 3.05) is 16.8 Å². The van der Waals surface area contributed by atoms with Gasteiger partial charge in [-0.05, 0) is 42.5 Å². The van der Waals surface area contributed by atoms with Gasteiger partial charge in [0.1, 0.15) is 5.82 Å². The molecule has 0 aliphatic heterocycles. The van der Waals surface area contributed by atoms with Crippen LogP contribution >= 0.6 is 23.4 Å². The molecule has 1 atom stereocenters. The number of rotatable bonds is 6. The maximum absolute atomic E-state index is 5.69. The zero-order valence-electron chi connectivity index (χ0n) is 9.03. The van der Waals surface area contributed by atoms with Gasteiger partial charge in [-0.3, -0.25) is 0 Å². The Bertz CT molecular complexity index is 296. The van der Waals surface area contributed by atoms with Crippen LogP contribution in [-0.4, -0.2) is 27.5 Å². The highest BCUT2D eigenvalue weighted by Gasteiger charge is 2.03. The Balaban J connectivity index is 2.34. The molecular formula is C10H16ClN3S. The van der Waals surface area contributed by atoms with Gasteiger partial charge in [0.25, 0.3) is 0 Å². The van der Waals surface area contributed by atoms with Gasteiger partial charge in [0.15, 0.2) is 0 Å². The van der Waals surface area contributed by atoms with Crippen molar-refractivity contribution in [3.05, 3.63) is 17.5 Å². The standard InChI is InChI=1S/C10H16ClN3S/c1-3-15-7-5-8(2)13-9-4-6-12-10(11)14-9/h4,6,8H,3,5,7H2,1-2H3,(H,12,13,14). The van der Waals surface area contributed by atoms with Gasteiger partial charge in [0, 0.05) is 12.2 Å². The topological polar surface area (TPSA) is 37.8 Å². The molecule has 1 aromatic rings. The number of halogens is 1. The lowest BCUT2D eigenvalue weighted by molar-refractivity contribution is 0.765. The molecule has 0 spiro atoms. The predicted molar refractivity (Wildman–Crippen MR) is 67.7 cm³/mol. The number of anilines is 1. The lowest BCUT2D eigenvalue weighted by Crippen LogP contribution is -2.16. The van der Waals surface area contributed by atoms with Crippen LogP contribution in [0, 0.1) is 0 Å². The Morgan fingerprint density at radius 1 is 1.60 bits per heavy atom. The van der Waals surface area contributed by atoms with Crippen LogP contribution in [0.3, 0.4) is 0 Å². The Kier molecular flexibility index (Phi) is 5.79. The number of hydrogen-bond acceptors (Lipinski definition) is 4. The first-order chi connectivity index (χ1) is 7.22. The van der Waals surface area contributed by atoms with E-state index in [2.05, 4.69) is 29.1 Å². The van der Waals surface area contributed by atoms with E-state index in [1.54, 1.807) is 6.20 Å². The molecule has 0 fully saturated rings. The smallest absolute Gasteiger partial charge is 0.224 e. The van der Waals surface area contributed by atoms with E-state index < -0.39 is 0 Å².